The minimum absolute atomic E-state index is 0.523. The molecule has 0 spiro atoms. The van der Waals surface area contributed by atoms with Crippen molar-refractivity contribution in [3.8, 4) is 0 Å². The normalized spacial score (nSPS) is 35.3. The predicted octanol–water partition coefficient (Wildman–Crippen LogP) is 2.02. The molecule has 0 bridgehead atoms. The lowest BCUT2D eigenvalue weighted by atomic mass is 9.98. The Labute approximate surface area is 106 Å². The first-order valence-electron chi connectivity index (χ1n) is 7.37. The van der Waals surface area contributed by atoms with Crippen molar-refractivity contribution in [3.63, 3.8) is 0 Å². The summed E-state index contributed by atoms with van der Waals surface area (Å²) in [7, 11) is 2.07. The lowest BCUT2D eigenvalue weighted by molar-refractivity contribution is -0.0331. The van der Waals surface area contributed by atoms with Crippen molar-refractivity contribution in [2.75, 3.05) is 26.7 Å². The van der Waals surface area contributed by atoms with Gasteiger partial charge in [0.1, 0.15) is 0 Å². The molecule has 3 unspecified atom stereocenters. The topological polar surface area (TPSA) is 24.5 Å². The molecule has 2 fully saturated rings. The highest BCUT2D eigenvalue weighted by Gasteiger charge is 2.33. The summed E-state index contributed by atoms with van der Waals surface area (Å²) in [5.74, 6) is 0. The Morgan fingerprint density at radius 3 is 3.00 bits per heavy atom. The third-order valence-electron chi connectivity index (χ3n) is 4.28. The molecule has 0 aliphatic carbocycles. The van der Waals surface area contributed by atoms with Crippen LogP contribution in [0.1, 0.15) is 45.4 Å². The molecule has 0 saturated carbocycles. The van der Waals surface area contributed by atoms with Gasteiger partial charge in [0.2, 0.25) is 0 Å². The maximum atomic E-state index is 5.86. The molecule has 2 heterocycles. The summed E-state index contributed by atoms with van der Waals surface area (Å²) in [5.41, 5.74) is 0. The minimum Gasteiger partial charge on any atom is -0.378 e. The second-order valence-electron chi connectivity index (χ2n) is 5.55. The summed E-state index contributed by atoms with van der Waals surface area (Å²) in [5, 5.41) is 3.34. The standard InChI is InChI=1S/C14H28N2O/c1-3-5-14-10-12(7-9-17-14)16-8-4-6-13(16)11-15-2/h12-15H,3-11H2,1-2H3. The number of rotatable bonds is 5. The van der Waals surface area contributed by atoms with Crippen LogP contribution in [0.2, 0.25) is 0 Å². The summed E-state index contributed by atoms with van der Waals surface area (Å²) < 4.78 is 5.86. The van der Waals surface area contributed by atoms with E-state index in [1.807, 2.05) is 0 Å². The third kappa shape index (κ3) is 3.43. The first-order valence-corrected chi connectivity index (χ1v) is 7.37. The van der Waals surface area contributed by atoms with Crippen LogP contribution in [0.5, 0.6) is 0 Å². The third-order valence-corrected chi connectivity index (χ3v) is 4.28. The molecular formula is C14H28N2O. The van der Waals surface area contributed by atoms with Crippen LogP contribution in [0.25, 0.3) is 0 Å². The van der Waals surface area contributed by atoms with Gasteiger partial charge >= 0.3 is 0 Å². The lowest BCUT2D eigenvalue weighted by Gasteiger charge is -2.38. The van der Waals surface area contributed by atoms with Crippen LogP contribution in [0.15, 0.2) is 0 Å². The number of ether oxygens (including phenoxy) is 1. The summed E-state index contributed by atoms with van der Waals surface area (Å²) in [6, 6.07) is 1.55. The zero-order valence-electron chi connectivity index (χ0n) is 11.5. The van der Waals surface area contributed by atoms with Crippen molar-refractivity contribution >= 4 is 0 Å². The number of likely N-dealkylation sites (N-methyl/N-ethyl adjacent to an activating group) is 1. The Hall–Kier alpha value is -0.120. The Balaban J connectivity index is 1.87. The molecule has 17 heavy (non-hydrogen) atoms. The highest BCUT2D eigenvalue weighted by molar-refractivity contribution is 4.88. The highest BCUT2D eigenvalue weighted by Crippen LogP contribution is 2.28. The Bertz CT molecular complexity index is 220. The Kier molecular flexibility index (Phi) is 5.26. The molecule has 3 nitrogen and oxygen atoms in total. The van der Waals surface area contributed by atoms with Gasteiger partial charge in [-0.2, -0.15) is 0 Å². The van der Waals surface area contributed by atoms with Crippen LogP contribution < -0.4 is 5.32 Å². The van der Waals surface area contributed by atoms with E-state index in [9.17, 15) is 0 Å². The molecule has 2 aliphatic rings. The quantitative estimate of drug-likeness (QED) is 0.795. The number of hydrogen-bond donors (Lipinski definition) is 1. The van der Waals surface area contributed by atoms with E-state index in [4.69, 9.17) is 4.74 Å². The van der Waals surface area contributed by atoms with Crippen LogP contribution >= 0.6 is 0 Å². The average Bonchev–Trinajstić information content (AvgIpc) is 2.79. The summed E-state index contributed by atoms with van der Waals surface area (Å²) in [4.78, 5) is 2.75. The summed E-state index contributed by atoms with van der Waals surface area (Å²) >= 11 is 0. The van der Waals surface area contributed by atoms with Crippen molar-refractivity contribution in [2.45, 2.75) is 63.6 Å². The van der Waals surface area contributed by atoms with Crippen LogP contribution in [0.4, 0.5) is 0 Å². The zero-order valence-corrected chi connectivity index (χ0v) is 11.5. The molecule has 0 aromatic carbocycles. The molecule has 100 valence electrons. The molecular weight excluding hydrogens is 212 g/mol. The molecule has 2 aliphatic heterocycles. The Morgan fingerprint density at radius 1 is 1.35 bits per heavy atom. The van der Waals surface area contributed by atoms with Gasteiger partial charge in [-0.25, -0.2) is 0 Å². The van der Waals surface area contributed by atoms with Gasteiger partial charge in [-0.1, -0.05) is 13.3 Å². The largest absolute Gasteiger partial charge is 0.378 e. The van der Waals surface area contributed by atoms with Crippen LogP contribution in [-0.2, 0) is 4.74 Å². The van der Waals surface area contributed by atoms with E-state index >= 15 is 0 Å². The summed E-state index contributed by atoms with van der Waals surface area (Å²) in [6.45, 7) is 5.68. The van der Waals surface area contributed by atoms with E-state index in [2.05, 4.69) is 24.2 Å². The lowest BCUT2D eigenvalue weighted by Crippen LogP contribution is -2.47. The first kappa shape index (κ1) is 13.3. The number of nitrogens with zero attached hydrogens (tertiary/aromatic N) is 1. The molecule has 0 amide bonds. The van der Waals surface area contributed by atoms with E-state index in [0.717, 1.165) is 25.2 Å². The monoisotopic (exact) mass is 240 g/mol. The van der Waals surface area contributed by atoms with Crippen LogP contribution in [0, 0.1) is 0 Å². The van der Waals surface area contributed by atoms with Gasteiger partial charge < -0.3 is 10.1 Å². The van der Waals surface area contributed by atoms with Crippen molar-refractivity contribution in [1.29, 1.82) is 0 Å². The van der Waals surface area contributed by atoms with Crippen molar-refractivity contribution in [2.24, 2.45) is 0 Å². The van der Waals surface area contributed by atoms with Gasteiger partial charge in [0.05, 0.1) is 6.10 Å². The molecule has 1 N–H and O–H groups in total. The van der Waals surface area contributed by atoms with E-state index < -0.39 is 0 Å². The van der Waals surface area contributed by atoms with Gasteiger partial charge in [-0.15, -0.1) is 0 Å². The first-order chi connectivity index (χ1) is 8.35. The van der Waals surface area contributed by atoms with Crippen molar-refractivity contribution in [1.82, 2.24) is 10.2 Å². The van der Waals surface area contributed by atoms with Crippen molar-refractivity contribution < 1.29 is 4.74 Å². The fourth-order valence-electron chi connectivity index (χ4n) is 3.48. The zero-order chi connectivity index (χ0) is 12.1. The smallest absolute Gasteiger partial charge is 0.0590 e. The van der Waals surface area contributed by atoms with Gasteiger partial charge in [0.25, 0.3) is 0 Å². The maximum absolute atomic E-state index is 5.86. The van der Waals surface area contributed by atoms with E-state index in [1.54, 1.807) is 0 Å². The van der Waals surface area contributed by atoms with Gasteiger partial charge in [0, 0.05) is 25.2 Å². The number of hydrogen-bond acceptors (Lipinski definition) is 3. The number of likely N-dealkylation sites (tertiary alicyclic amines) is 1. The second kappa shape index (κ2) is 6.72. The van der Waals surface area contributed by atoms with Crippen molar-refractivity contribution in [3.05, 3.63) is 0 Å². The fourth-order valence-corrected chi connectivity index (χ4v) is 3.48. The predicted molar refractivity (Wildman–Crippen MR) is 71.3 cm³/mol. The highest BCUT2D eigenvalue weighted by atomic mass is 16.5. The molecule has 3 heteroatoms. The summed E-state index contributed by atoms with van der Waals surface area (Å²) in [6.07, 6.45) is 8.25. The Morgan fingerprint density at radius 2 is 2.24 bits per heavy atom. The molecule has 0 aromatic rings. The fraction of sp³-hybridized carbons (Fsp3) is 1.00. The van der Waals surface area contributed by atoms with Gasteiger partial charge in [-0.3, -0.25) is 4.90 Å². The molecule has 3 atom stereocenters. The molecule has 2 saturated heterocycles. The molecule has 0 radical (unpaired) electrons. The molecule has 2 rings (SSSR count). The van der Waals surface area contributed by atoms with E-state index in [-0.39, 0.29) is 0 Å². The van der Waals surface area contributed by atoms with Gasteiger partial charge in [0.15, 0.2) is 0 Å². The SMILES string of the molecule is CCCC1CC(N2CCCC2CNC)CCO1. The van der Waals surface area contributed by atoms with Gasteiger partial charge in [-0.05, 0) is 45.7 Å². The minimum atomic E-state index is 0.523. The van der Waals surface area contributed by atoms with Crippen LogP contribution in [-0.4, -0.2) is 49.8 Å². The second-order valence-corrected chi connectivity index (χ2v) is 5.55. The number of nitrogens with one attached hydrogen (secondary N) is 1. The molecule has 0 aromatic heterocycles. The van der Waals surface area contributed by atoms with Crippen LogP contribution in [0.3, 0.4) is 0 Å². The average molecular weight is 240 g/mol. The van der Waals surface area contributed by atoms with E-state index in [1.165, 1.54) is 45.1 Å². The van der Waals surface area contributed by atoms with E-state index in [0.29, 0.717) is 6.10 Å². The maximum Gasteiger partial charge on any atom is 0.0590 e.